The van der Waals surface area contributed by atoms with E-state index in [0.717, 1.165) is 5.56 Å². The highest BCUT2D eigenvalue weighted by molar-refractivity contribution is 5.36. The van der Waals surface area contributed by atoms with Crippen molar-refractivity contribution in [2.75, 3.05) is 14.2 Å². The summed E-state index contributed by atoms with van der Waals surface area (Å²) in [5.74, 6) is -1.29. The van der Waals surface area contributed by atoms with Crippen molar-refractivity contribution < 1.29 is 14.6 Å². The van der Waals surface area contributed by atoms with E-state index < -0.39 is 5.79 Å². The van der Waals surface area contributed by atoms with Gasteiger partial charge in [0.1, 0.15) is 0 Å². The van der Waals surface area contributed by atoms with Gasteiger partial charge in [-0.2, -0.15) is 0 Å². The number of aliphatic hydroxyl groups excluding tert-OH is 1. The zero-order chi connectivity index (χ0) is 13.7. The van der Waals surface area contributed by atoms with Crippen LogP contribution in [0, 0.1) is 6.10 Å². The lowest BCUT2D eigenvalue weighted by atomic mass is 9.94. The van der Waals surface area contributed by atoms with Gasteiger partial charge in [0.15, 0.2) is 6.10 Å². The molecule has 2 aromatic carbocycles. The van der Waals surface area contributed by atoms with E-state index in [-0.39, 0.29) is 6.10 Å². The first-order valence-electron chi connectivity index (χ1n) is 6.02. The molecular formula is C16H17O3. The molecule has 0 aliphatic rings. The first-order chi connectivity index (χ1) is 9.24. The van der Waals surface area contributed by atoms with Gasteiger partial charge < -0.3 is 14.6 Å². The summed E-state index contributed by atoms with van der Waals surface area (Å²) < 4.78 is 11.0. The van der Waals surface area contributed by atoms with Crippen LogP contribution in [0.4, 0.5) is 0 Å². The molecule has 0 heterocycles. The lowest BCUT2D eigenvalue weighted by molar-refractivity contribution is -0.225. The van der Waals surface area contributed by atoms with E-state index >= 15 is 0 Å². The number of ether oxygens (including phenoxy) is 2. The summed E-state index contributed by atoms with van der Waals surface area (Å²) in [6.45, 7) is 0. The molecule has 0 aliphatic carbocycles. The number of aliphatic hydroxyl groups is 1. The fourth-order valence-electron chi connectivity index (χ4n) is 2.09. The van der Waals surface area contributed by atoms with E-state index in [9.17, 15) is 5.11 Å². The second kappa shape index (κ2) is 5.97. The first-order valence-corrected chi connectivity index (χ1v) is 6.02. The quantitative estimate of drug-likeness (QED) is 0.836. The number of methoxy groups -OCH3 is 2. The molecule has 0 fully saturated rings. The largest absolute Gasteiger partial charge is 0.376 e. The number of benzene rings is 2. The summed E-state index contributed by atoms with van der Waals surface area (Å²) in [7, 11) is 3.02. The molecule has 0 saturated carbocycles. The van der Waals surface area contributed by atoms with Gasteiger partial charge in [-0.05, 0) is 5.56 Å². The second-order valence-corrected chi connectivity index (χ2v) is 4.11. The monoisotopic (exact) mass is 257 g/mol. The highest BCUT2D eigenvalue weighted by atomic mass is 16.7. The molecule has 2 aromatic rings. The van der Waals surface area contributed by atoms with Crippen molar-refractivity contribution in [3.05, 3.63) is 77.9 Å². The lowest BCUT2D eigenvalue weighted by Crippen LogP contribution is -2.38. The van der Waals surface area contributed by atoms with Crippen LogP contribution in [0.2, 0.25) is 0 Å². The molecule has 3 nitrogen and oxygen atoms in total. The third kappa shape index (κ3) is 2.54. The predicted molar refractivity (Wildman–Crippen MR) is 72.9 cm³/mol. The van der Waals surface area contributed by atoms with Crippen LogP contribution in [-0.4, -0.2) is 19.3 Å². The van der Waals surface area contributed by atoms with Crippen molar-refractivity contribution in [1.29, 1.82) is 0 Å². The van der Waals surface area contributed by atoms with Gasteiger partial charge in [-0.3, -0.25) is 0 Å². The summed E-state index contributed by atoms with van der Waals surface area (Å²) in [6.07, 6.45) is 0.0318. The molecule has 0 saturated heterocycles. The van der Waals surface area contributed by atoms with Crippen molar-refractivity contribution in [3.63, 3.8) is 0 Å². The molecule has 1 N–H and O–H groups in total. The van der Waals surface area contributed by atoms with Gasteiger partial charge in [-0.25, -0.2) is 0 Å². The molecule has 0 aliphatic heterocycles. The Morgan fingerprint density at radius 1 is 0.842 bits per heavy atom. The number of rotatable bonds is 5. The van der Waals surface area contributed by atoms with Gasteiger partial charge in [-0.1, -0.05) is 60.7 Å². The maximum atomic E-state index is 10.6. The number of hydrogen-bond acceptors (Lipinski definition) is 3. The summed E-state index contributed by atoms with van der Waals surface area (Å²) in [5, 5.41) is 10.6. The molecule has 0 amide bonds. The minimum atomic E-state index is -1.29. The van der Waals surface area contributed by atoms with E-state index in [1.165, 1.54) is 14.2 Å². The Hall–Kier alpha value is -1.68. The fraction of sp³-hybridized carbons (Fsp3) is 0.188. The summed E-state index contributed by atoms with van der Waals surface area (Å²) in [4.78, 5) is 0. The Labute approximate surface area is 113 Å². The first kappa shape index (κ1) is 13.7. The van der Waals surface area contributed by atoms with E-state index in [2.05, 4.69) is 0 Å². The van der Waals surface area contributed by atoms with Crippen LogP contribution in [0.25, 0.3) is 0 Å². The van der Waals surface area contributed by atoms with Crippen molar-refractivity contribution in [1.82, 2.24) is 0 Å². The third-order valence-electron chi connectivity index (χ3n) is 3.09. The molecule has 2 rings (SSSR count). The molecular weight excluding hydrogens is 240 g/mol. The molecule has 99 valence electrons. The van der Waals surface area contributed by atoms with Gasteiger partial charge >= 0.3 is 0 Å². The lowest BCUT2D eigenvalue weighted by Gasteiger charge is -2.34. The van der Waals surface area contributed by atoms with E-state index in [1.807, 2.05) is 60.7 Å². The maximum Gasteiger partial charge on any atom is 0.232 e. The Bertz CT molecular complexity index is 492. The van der Waals surface area contributed by atoms with E-state index in [0.29, 0.717) is 5.56 Å². The standard InChI is InChI=1S/C16H17O3/c1-18-16(19-2,14-11-7-4-8-12-14)15(17)13-9-5-3-6-10-13/h3-12,17H,1-2H3. The summed E-state index contributed by atoms with van der Waals surface area (Å²) >= 11 is 0. The average Bonchev–Trinajstić information content (AvgIpc) is 2.51. The van der Waals surface area contributed by atoms with Gasteiger partial charge in [0, 0.05) is 19.8 Å². The van der Waals surface area contributed by atoms with Crippen LogP contribution in [0.5, 0.6) is 0 Å². The van der Waals surface area contributed by atoms with Crippen LogP contribution in [0.1, 0.15) is 11.1 Å². The van der Waals surface area contributed by atoms with Crippen LogP contribution < -0.4 is 0 Å². The smallest absolute Gasteiger partial charge is 0.232 e. The highest BCUT2D eigenvalue weighted by Crippen LogP contribution is 2.37. The van der Waals surface area contributed by atoms with Crippen LogP contribution in [-0.2, 0) is 15.3 Å². The van der Waals surface area contributed by atoms with Crippen molar-refractivity contribution in [3.8, 4) is 0 Å². The van der Waals surface area contributed by atoms with Crippen molar-refractivity contribution in [2.45, 2.75) is 5.79 Å². The van der Waals surface area contributed by atoms with Gasteiger partial charge in [0.25, 0.3) is 0 Å². The minimum absolute atomic E-state index is 0.0318. The SMILES string of the molecule is COC(OC)([C](O)c1ccccc1)c1ccccc1. The normalized spacial score (nSPS) is 11.8. The average molecular weight is 257 g/mol. The Balaban J connectivity index is 2.45. The Morgan fingerprint density at radius 2 is 1.32 bits per heavy atom. The van der Waals surface area contributed by atoms with Crippen molar-refractivity contribution in [2.24, 2.45) is 0 Å². The molecule has 0 unspecified atom stereocenters. The second-order valence-electron chi connectivity index (χ2n) is 4.11. The van der Waals surface area contributed by atoms with Gasteiger partial charge in [0.2, 0.25) is 5.79 Å². The Kier molecular flexibility index (Phi) is 4.32. The third-order valence-corrected chi connectivity index (χ3v) is 3.09. The van der Waals surface area contributed by atoms with Crippen LogP contribution in [0.15, 0.2) is 60.7 Å². The van der Waals surface area contributed by atoms with Crippen LogP contribution in [0.3, 0.4) is 0 Å². The fourth-order valence-corrected chi connectivity index (χ4v) is 2.09. The molecule has 1 radical (unpaired) electrons. The summed E-state index contributed by atoms with van der Waals surface area (Å²) in [6, 6.07) is 18.6. The van der Waals surface area contributed by atoms with E-state index in [4.69, 9.17) is 9.47 Å². The minimum Gasteiger partial charge on any atom is -0.376 e. The summed E-state index contributed by atoms with van der Waals surface area (Å²) in [5.41, 5.74) is 1.40. The molecule has 0 aromatic heterocycles. The highest BCUT2D eigenvalue weighted by Gasteiger charge is 2.42. The topological polar surface area (TPSA) is 38.7 Å². The zero-order valence-corrected chi connectivity index (χ0v) is 11.0. The predicted octanol–water partition coefficient (Wildman–Crippen LogP) is 3.08. The van der Waals surface area contributed by atoms with Gasteiger partial charge in [-0.15, -0.1) is 0 Å². The Morgan fingerprint density at radius 3 is 1.79 bits per heavy atom. The molecule has 19 heavy (non-hydrogen) atoms. The molecule has 3 heteroatoms. The molecule has 0 bridgehead atoms. The number of hydrogen-bond donors (Lipinski definition) is 1. The zero-order valence-electron chi connectivity index (χ0n) is 11.0. The van der Waals surface area contributed by atoms with E-state index in [1.54, 1.807) is 0 Å². The maximum absolute atomic E-state index is 10.6. The van der Waals surface area contributed by atoms with Crippen molar-refractivity contribution >= 4 is 0 Å². The van der Waals surface area contributed by atoms with Gasteiger partial charge in [0.05, 0.1) is 0 Å². The van der Waals surface area contributed by atoms with Crippen LogP contribution >= 0.6 is 0 Å². The molecule has 0 spiro atoms. The molecule has 0 atom stereocenters.